The number of carbonyl (C=O) groups excluding carboxylic acids is 3. The largest absolute Gasteiger partial charge is 0.462 e. The summed E-state index contributed by atoms with van der Waals surface area (Å²) in [5, 5.41) is 0. The average molecular weight is 1090 g/mol. The van der Waals surface area contributed by atoms with Crippen LogP contribution in [0.5, 0.6) is 0 Å². The van der Waals surface area contributed by atoms with Gasteiger partial charge in [-0.3, -0.25) is 14.4 Å². The molecule has 0 saturated heterocycles. The second-order valence-electron chi connectivity index (χ2n) is 23.4. The maximum Gasteiger partial charge on any atom is 0.306 e. The smallest absolute Gasteiger partial charge is 0.306 e. The van der Waals surface area contributed by atoms with E-state index in [0.717, 1.165) is 77.0 Å². The monoisotopic (exact) mass is 1090 g/mol. The molecule has 0 aromatic heterocycles. The molecule has 456 valence electrons. The van der Waals surface area contributed by atoms with Crippen molar-refractivity contribution >= 4 is 17.9 Å². The lowest BCUT2D eigenvalue weighted by atomic mass is 10.0. The molecule has 0 aliphatic carbocycles. The van der Waals surface area contributed by atoms with Crippen LogP contribution in [0.3, 0.4) is 0 Å². The van der Waals surface area contributed by atoms with Crippen LogP contribution in [0.25, 0.3) is 0 Å². The minimum atomic E-state index is -0.777. The van der Waals surface area contributed by atoms with Crippen molar-refractivity contribution in [3.63, 3.8) is 0 Å². The second kappa shape index (κ2) is 66.9. The molecule has 0 heterocycles. The van der Waals surface area contributed by atoms with Gasteiger partial charge in [0, 0.05) is 19.3 Å². The van der Waals surface area contributed by atoms with Crippen molar-refractivity contribution in [2.45, 2.75) is 380 Å². The Kier molecular flexibility index (Phi) is 64.6. The van der Waals surface area contributed by atoms with Gasteiger partial charge in [-0.15, -0.1) is 0 Å². The normalized spacial score (nSPS) is 12.3. The molecule has 6 nitrogen and oxygen atoms in total. The number of rotatable bonds is 64. The molecule has 0 saturated carbocycles. The van der Waals surface area contributed by atoms with Crippen LogP contribution < -0.4 is 0 Å². The Morgan fingerprint density at radius 1 is 0.256 bits per heavy atom. The van der Waals surface area contributed by atoms with Gasteiger partial charge in [-0.05, 0) is 83.5 Å². The molecule has 0 amide bonds. The number of hydrogen-bond acceptors (Lipinski definition) is 6. The molecule has 6 heteroatoms. The van der Waals surface area contributed by atoms with E-state index < -0.39 is 6.10 Å². The molecular formula is C72H132O6. The highest BCUT2D eigenvalue weighted by Crippen LogP contribution is 2.18. The van der Waals surface area contributed by atoms with Crippen LogP contribution in [0.2, 0.25) is 0 Å². The minimum Gasteiger partial charge on any atom is -0.462 e. The predicted molar refractivity (Wildman–Crippen MR) is 339 cm³/mol. The summed E-state index contributed by atoms with van der Waals surface area (Å²) in [5.41, 5.74) is 0. The van der Waals surface area contributed by atoms with Crippen molar-refractivity contribution in [1.29, 1.82) is 0 Å². The van der Waals surface area contributed by atoms with Gasteiger partial charge in [0.25, 0.3) is 0 Å². The van der Waals surface area contributed by atoms with Gasteiger partial charge in [-0.2, -0.15) is 0 Å². The van der Waals surface area contributed by atoms with Crippen LogP contribution in [0.1, 0.15) is 374 Å². The van der Waals surface area contributed by atoms with E-state index in [1.165, 1.54) is 257 Å². The Morgan fingerprint density at radius 2 is 0.462 bits per heavy atom. The molecule has 0 bridgehead atoms. The highest BCUT2D eigenvalue weighted by atomic mass is 16.6. The molecule has 0 fully saturated rings. The molecule has 1 unspecified atom stereocenters. The summed E-state index contributed by atoms with van der Waals surface area (Å²) in [6.07, 6.45) is 84.1. The summed E-state index contributed by atoms with van der Waals surface area (Å²) in [7, 11) is 0. The SMILES string of the molecule is CCCCCCC/C=C\C/C=C\C/C=C\CCCCCCCCCCCCC(=O)OCC(COC(=O)CCCCCCC/C=C\CCCCCCCCC)OC(=O)CCCCCCCCCCCCCCCCCCCCC. The fourth-order valence-corrected chi connectivity index (χ4v) is 10.3. The van der Waals surface area contributed by atoms with E-state index in [2.05, 4.69) is 69.4 Å². The Bertz CT molecular complexity index is 1350. The fourth-order valence-electron chi connectivity index (χ4n) is 10.3. The first-order valence-electron chi connectivity index (χ1n) is 34.6. The van der Waals surface area contributed by atoms with E-state index in [0.29, 0.717) is 19.3 Å². The molecular weight excluding hydrogens is 961 g/mol. The summed E-state index contributed by atoms with van der Waals surface area (Å²) >= 11 is 0. The van der Waals surface area contributed by atoms with Crippen LogP contribution in [0.15, 0.2) is 48.6 Å². The van der Waals surface area contributed by atoms with Gasteiger partial charge in [-0.25, -0.2) is 0 Å². The Morgan fingerprint density at radius 3 is 0.731 bits per heavy atom. The van der Waals surface area contributed by atoms with E-state index in [1.54, 1.807) is 0 Å². The molecule has 0 aromatic carbocycles. The molecule has 0 aliphatic heterocycles. The average Bonchev–Trinajstić information content (AvgIpc) is 3.44. The van der Waals surface area contributed by atoms with Crippen LogP contribution >= 0.6 is 0 Å². The number of allylic oxidation sites excluding steroid dienone is 8. The first-order valence-corrected chi connectivity index (χ1v) is 34.6. The molecule has 0 aromatic rings. The third kappa shape index (κ3) is 64.2. The lowest BCUT2D eigenvalue weighted by Gasteiger charge is -2.18. The lowest BCUT2D eigenvalue weighted by Crippen LogP contribution is -2.30. The van der Waals surface area contributed by atoms with Crippen molar-refractivity contribution in [3.8, 4) is 0 Å². The van der Waals surface area contributed by atoms with E-state index >= 15 is 0 Å². The van der Waals surface area contributed by atoms with Gasteiger partial charge in [-0.1, -0.05) is 320 Å². The van der Waals surface area contributed by atoms with Crippen molar-refractivity contribution in [3.05, 3.63) is 48.6 Å². The van der Waals surface area contributed by atoms with Gasteiger partial charge in [0.1, 0.15) is 13.2 Å². The highest BCUT2D eigenvalue weighted by Gasteiger charge is 2.19. The number of carbonyl (C=O) groups is 3. The third-order valence-electron chi connectivity index (χ3n) is 15.6. The molecule has 0 aliphatic rings. The van der Waals surface area contributed by atoms with Gasteiger partial charge in [0.05, 0.1) is 0 Å². The first kappa shape index (κ1) is 75.4. The van der Waals surface area contributed by atoms with Crippen molar-refractivity contribution < 1.29 is 28.6 Å². The van der Waals surface area contributed by atoms with Crippen LogP contribution in [-0.4, -0.2) is 37.2 Å². The van der Waals surface area contributed by atoms with Crippen LogP contribution in [-0.2, 0) is 28.6 Å². The van der Waals surface area contributed by atoms with Crippen molar-refractivity contribution in [2.24, 2.45) is 0 Å². The van der Waals surface area contributed by atoms with Crippen LogP contribution in [0, 0.1) is 0 Å². The first-order chi connectivity index (χ1) is 38.5. The lowest BCUT2D eigenvalue weighted by molar-refractivity contribution is -0.167. The standard InChI is InChI=1S/C72H132O6/c1-4-7-10-13-16-19-22-25-28-31-33-34-35-36-37-38-40-41-44-47-50-53-56-59-62-65-71(74)77-68-69(67-76-70(73)64-61-58-55-52-49-46-43-30-27-24-21-18-15-12-9-6-3)78-72(75)66-63-60-57-54-51-48-45-42-39-32-29-26-23-20-17-14-11-8-5-2/h22,25,30-31,33,35-36,43,69H,4-21,23-24,26-29,32,34,37-42,44-68H2,1-3H3/b25-22-,33-31-,36-35-,43-30-. The summed E-state index contributed by atoms with van der Waals surface area (Å²) in [6.45, 7) is 6.68. The molecule has 0 radical (unpaired) electrons. The summed E-state index contributed by atoms with van der Waals surface area (Å²) in [4.78, 5) is 38.4. The maximum atomic E-state index is 12.9. The number of esters is 3. The van der Waals surface area contributed by atoms with Crippen molar-refractivity contribution in [1.82, 2.24) is 0 Å². The Labute approximate surface area is 486 Å². The van der Waals surface area contributed by atoms with E-state index in [9.17, 15) is 14.4 Å². The summed E-state index contributed by atoms with van der Waals surface area (Å²) < 4.78 is 17.0. The molecule has 0 N–H and O–H groups in total. The topological polar surface area (TPSA) is 78.9 Å². The minimum absolute atomic E-state index is 0.0738. The number of unbranched alkanes of at least 4 members (excludes halogenated alkanes) is 45. The molecule has 0 rings (SSSR count). The second-order valence-corrected chi connectivity index (χ2v) is 23.4. The molecule has 0 spiro atoms. The van der Waals surface area contributed by atoms with E-state index in [1.807, 2.05) is 0 Å². The number of hydrogen-bond donors (Lipinski definition) is 0. The zero-order valence-corrected chi connectivity index (χ0v) is 52.5. The predicted octanol–water partition coefficient (Wildman–Crippen LogP) is 23.7. The van der Waals surface area contributed by atoms with Crippen molar-refractivity contribution in [2.75, 3.05) is 13.2 Å². The van der Waals surface area contributed by atoms with E-state index in [4.69, 9.17) is 14.2 Å². The molecule has 78 heavy (non-hydrogen) atoms. The zero-order valence-electron chi connectivity index (χ0n) is 52.5. The van der Waals surface area contributed by atoms with Gasteiger partial charge < -0.3 is 14.2 Å². The van der Waals surface area contributed by atoms with Gasteiger partial charge in [0.15, 0.2) is 6.10 Å². The fraction of sp³-hybridized carbons (Fsp3) is 0.847. The maximum absolute atomic E-state index is 12.9. The van der Waals surface area contributed by atoms with E-state index in [-0.39, 0.29) is 31.1 Å². The summed E-state index contributed by atoms with van der Waals surface area (Å²) in [6, 6.07) is 0. The Hall–Kier alpha value is -2.63. The Balaban J connectivity index is 4.31. The highest BCUT2D eigenvalue weighted by molar-refractivity contribution is 5.71. The number of ether oxygens (including phenoxy) is 3. The third-order valence-corrected chi connectivity index (χ3v) is 15.6. The van der Waals surface area contributed by atoms with Gasteiger partial charge in [0.2, 0.25) is 0 Å². The quantitative estimate of drug-likeness (QED) is 0.0261. The van der Waals surface area contributed by atoms with Gasteiger partial charge >= 0.3 is 17.9 Å². The summed E-state index contributed by atoms with van der Waals surface area (Å²) in [5.74, 6) is -0.859. The van der Waals surface area contributed by atoms with Crippen LogP contribution in [0.4, 0.5) is 0 Å². The zero-order chi connectivity index (χ0) is 56.4. The molecule has 1 atom stereocenters.